The van der Waals surface area contributed by atoms with Crippen LogP contribution in [0, 0.1) is 11.6 Å². The van der Waals surface area contributed by atoms with Crippen LogP contribution in [-0.2, 0) is 0 Å². The Morgan fingerprint density at radius 2 is 1.85 bits per heavy atom. The number of rotatable bonds is 5. The first kappa shape index (κ1) is 18.7. The van der Waals surface area contributed by atoms with Gasteiger partial charge >= 0.3 is 0 Å². The largest absolute Gasteiger partial charge is 0.383 e. The van der Waals surface area contributed by atoms with Gasteiger partial charge in [0.05, 0.1) is 16.8 Å². The number of nitrogens with zero attached hydrogens (tertiary/aromatic N) is 5. The Bertz CT molecular complexity index is 1010. The summed E-state index contributed by atoms with van der Waals surface area (Å²) in [4.78, 5) is 14.6. The van der Waals surface area contributed by atoms with E-state index in [0.717, 1.165) is 12.1 Å². The van der Waals surface area contributed by atoms with Crippen molar-refractivity contribution >= 4 is 23.0 Å². The number of tetrazole rings is 1. The van der Waals surface area contributed by atoms with E-state index in [1.54, 1.807) is 43.3 Å². The molecule has 0 unspecified atom stereocenters. The average Bonchev–Trinajstić information content (AvgIpc) is 3.09. The van der Waals surface area contributed by atoms with Gasteiger partial charge in [-0.2, -0.15) is 4.68 Å². The van der Waals surface area contributed by atoms with Crippen LogP contribution in [0.5, 0.6) is 0 Å². The zero-order valence-corrected chi connectivity index (χ0v) is 15.2. The average molecular weight is 390 g/mol. The Hall–Kier alpha value is -3.13. The quantitative estimate of drug-likeness (QED) is 0.494. The molecule has 2 aromatic carbocycles. The van der Waals surface area contributed by atoms with E-state index in [2.05, 4.69) is 15.5 Å². The number of hydrogen-bond donors (Lipinski definition) is 0. The summed E-state index contributed by atoms with van der Waals surface area (Å²) in [6.07, 6.45) is 1.48. The van der Waals surface area contributed by atoms with Crippen molar-refractivity contribution < 1.29 is 13.6 Å². The second-order valence-corrected chi connectivity index (χ2v) is 6.29. The van der Waals surface area contributed by atoms with Crippen molar-refractivity contribution in [2.24, 2.45) is 0 Å². The van der Waals surface area contributed by atoms with E-state index < -0.39 is 17.4 Å². The molecule has 0 saturated heterocycles. The summed E-state index contributed by atoms with van der Waals surface area (Å²) in [7, 11) is 3.40. The molecule has 0 aliphatic carbocycles. The van der Waals surface area contributed by atoms with Crippen LogP contribution in [0.25, 0.3) is 11.3 Å². The van der Waals surface area contributed by atoms with Gasteiger partial charge in [0.1, 0.15) is 11.6 Å². The first-order chi connectivity index (χ1) is 12.9. The maximum Gasteiger partial charge on any atom is 0.201 e. The smallest absolute Gasteiger partial charge is 0.201 e. The highest BCUT2D eigenvalue weighted by atomic mass is 35.5. The van der Waals surface area contributed by atoms with Gasteiger partial charge in [-0.15, -0.1) is 5.10 Å². The van der Waals surface area contributed by atoms with E-state index in [-0.39, 0.29) is 17.0 Å². The lowest BCUT2D eigenvalue weighted by atomic mass is 10.0. The van der Waals surface area contributed by atoms with Crippen LogP contribution in [0.2, 0.25) is 5.02 Å². The summed E-state index contributed by atoms with van der Waals surface area (Å²) in [5, 5.41) is 12.0. The number of hydrogen-bond acceptors (Lipinski definition) is 5. The minimum Gasteiger partial charge on any atom is -0.383 e. The molecule has 138 valence electrons. The summed E-state index contributed by atoms with van der Waals surface area (Å²) >= 11 is 5.90. The molecule has 0 spiro atoms. The second kappa shape index (κ2) is 7.63. The molecule has 0 atom stereocenters. The lowest BCUT2D eigenvalue weighted by molar-refractivity contribution is 0.105. The van der Waals surface area contributed by atoms with Crippen LogP contribution in [0.15, 0.2) is 48.7 Å². The van der Waals surface area contributed by atoms with Gasteiger partial charge < -0.3 is 4.90 Å². The summed E-state index contributed by atoms with van der Waals surface area (Å²) in [5.74, 6) is -2.30. The van der Waals surface area contributed by atoms with Crippen LogP contribution >= 0.6 is 11.6 Å². The fourth-order valence-corrected chi connectivity index (χ4v) is 2.53. The molecular weight excluding hydrogens is 376 g/mol. The molecule has 0 aliphatic rings. The Morgan fingerprint density at radius 1 is 1.15 bits per heavy atom. The minimum absolute atomic E-state index is 0.0467. The normalized spacial score (nSPS) is 11.5. The maximum absolute atomic E-state index is 14.1. The Kier molecular flexibility index (Phi) is 5.27. The Labute approximate surface area is 158 Å². The summed E-state index contributed by atoms with van der Waals surface area (Å²) in [6, 6.07) is 9.43. The molecule has 0 amide bonds. The standard InChI is InChI=1S/C18H14ClF2N5O/c1-25(2)10-15(17(27)14-8-5-12(20)9-16(14)21)18-22-23-24-26(18)13-6-3-11(19)4-7-13/h3-10H,1-2H3/b15-10+. The van der Waals surface area contributed by atoms with Gasteiger partial charge in [0.25, 0.3) is 0 Å². The molecular formula is C18H14ClF2N5O. The van der Waals surface area contributed by atoms with Crippen LogP contribution in [0.4, 0.5) is 8.78 Å². The third kappa shape index (κ3) is 4.01. The molecule has 1 heterocycles. The van der Waals surface area contributed by atoms with Crippen LogP contribution in [0.3, 0.4) is 0 Å². The van der Waals surface area contributed by atoms with Gasteiger partial charge in [-0.3, -0.25) is 4.79 Å². The Morgan fingerprint density at radius 3 is 2.48 bits per heavy atom. The van der Waals surface area contributed by atoms with Crippen LogP contribution in [0.1, 0.15) is 16.2 Å². The minimum atomic E-state index is -0.963. The van der Waals surface area contributed by atoms with Crippen molar-refractivity contribution in [3.63, 3.8) is 0 Å². The van der Waals surface area contributed by atoms with E-state index in [4.69, 9.17) is 11.6 Å². The summed E-state index contributed by atoms with van der Waals surface area (Å²) < 4.78 is 28.7. The Balaban J connectivity index is 2.11. The van der Waals surface area contributed by atoms with E-state index in [0.29, 0.717) is 16.8 Å². The van der Waals surface area contributed by atoms with Gasteiger partial charge in [0, 0.05) is 31.4 Å². The second-order valence-electron chi connectivity index (χ2n) is 5.85. The van der Waals surface area contributed by atoms with Gasteiger partial charge in [-0.25, -0.2) is 8.78 Å². The first-order valence-electron chi connectivity index (χ1n) is 7.79. The number of halogens is 3. The molecule has 0 aliphatic heterocycles. The van der Waals surface area contributed by atoms with E-state index >= 15 is 0 Å². The van der Waals surface area contributed by atoms with E-state index in [1.807, 2.05) is 0 Å². The highest BCUT2D eigenvalue weighted by Crippen LogP contribution is 2.23. The predicted molar refractivity (Wildman–Crippen MR) is 96.5 cm³/mol. The molecule has 0 N–H and O–H groups in total. The molecule has 3 aromatic rings. The first-order valence-corrected chi connectivity index (χ1v) is 8.17. The molecule has 27 heavy (non-hydrogen) atoms. The number of allylic oxidation sites excluding steroid dienone is 1. The lowest BCUT2D eigenvalue weighted by Crippen LogP contribution is -2.14. The molecule has 6 nitrogen and oxygen atoms in total. The number of ketones is 1. The van der Waals surface area contributed by atoms with Crippen molar-refractivity contribution in [2.75, 3.05) is 14.1 Å². The fraction of sp³-hybridized carbons (Fsp3) is 0.111. The SMILES string of the molecule is CN(C)/C=C(\C(=O)c1ccc(F)cc1F)c1nnnn1-c1ccc(Cl)cc1. The van der Waals surface area contributed by atoms with Crippen LogP contribution in [-0.4, -0.2) is 45.0 Å². The molecule has 0 saturated carbocycles. The zero-order valence-electron chi connectivity index (χ0n) is 14.4. The highest BCUT2D eigenvalue weighted by Gasteiger charge is 2.24. The molecule has 0 bridgehead atoms. The molecule has 1 aromatic heterocycles. The highest BCUT2D eigenvalue weighted by molar-refractivity contribution is 6.30. The molecule has 9 heteroatoms. The molecule has 0 fully saturated rings. The lowest BCUT2D eigenvalue weighted by Gasteiger charge is -2.12. The number of carbonyl (C=O) groups is 1. The van der Waals surface area contributed by atoms with Crippen molar-refractivity contribution in [2.45, 2.75) is 0 Å². The van der Waals surface area contributed by atoms with Crippen molar-refractivity contribution in [1.29, 1.82) is 0 Å². The van der Waals surface area contributed by atoms with E-state index in [1.165, 1.54) is 10.9 Å². The van der Waals surface area contributed by atoms with Crippen molar-refractivity contribution in [1.82, 2.24) is 25.1 Å². The van der Waals surface area contributed by atoms with Gasteiger partial charge in [0.15, 0.2) is 5.82 Å². The number of aromatic nitrogens is 4. The monoisotopic (exact) mass is 389 g/mol. The van der Waals surface area contributed by atoms with Gasteiger partial charge in [-0.1, -0.05) is 11.6 Å². The predicted octanol–water partition coefficient (Wildman–Crippen LogP) is 3.38. The number of benzene rings is 2. The maximum atomic E-state index is 14.1. The summed E-state index contributed by atoms with van der Waals surface area (Å²) in [5.41, 5.74) is 0.331. The zero-order chi connectivity index (χ0) is 19.6. The van der Waals surface area contributed by atoms with Gasteiger partial charge in [0.2, 0.25) is 5.78 Å². The topological polar surface area (TPSA) is 63.9 Å². The van der Waals surface area contributed by atoms with E-state index in [9.17, 15) is 13.6 Å². The summed E-state index contributed by atoms with van der Waals surface area (Å²) in [6.45, 7) is 0. The number of carbonyl (C=O) groups excluding carboxylic acids is 1. The third-order valence-electron chi connectivity index (χ3n) is 3.59. The van der Waals surface area contributed by atoms with Crippen molar-refractivity contribution in [3.8, 4) is 5.69 Å². The fourth-order valence-electron chi connectivity index (χ4n) is 2.41. The molecule has 0 radical (unpaired) electrons. The number of Topliss-reactive ketones (excluding diaryl/α,β-unsaturated/α-hetero) is 1. The molecule has 3 rings (SSSR count). The van der Waals surface area contributed by atoms with Crippen molar-refractivity contribution in [3.05, 3.63) is 76.7 Å². The third-order valence-corrected chi connectivity index (χ3v) is 3.84. The van der Waals surface area contributed by atoms with Crippen LogP contribution < -0.4 is 0 Å². The van der Waals surface area contributed by atoms with Gasteiger partial charge in [-0.05, 0) is 46.8 Å².